The number of carboxylic acids is 1. The molecule has 0 radical (unpaired) electrons. The average molecular weight is 450 g/mol. The average Bonchev–Trinajstić information content (AvgIpc) is 3.45. The number of para-hydroxylation sites is 1. The van der Waals surface area contributed by atoms with Crippen LogP contribution in [-0.2, 0) is 17.8 Å². The van der Waals surface area contributed by atoms with Crippen LogP contribution in [0, 0.1) is 0 Å². The number of nitrogens with one attached hydrogen (secondary N) is 2. The third kappa shape index (κ3) is 5.36. The van der Waals surface area contributed by atoms with Gasteiger partial charge in [-0.2, -0.15) is 0 Å². The van der Waals surface area contributed by atoms with E-state index in [9.17, 15) is 9.59 Å². The number of hydrogen-bond donors (Lipinski definition) is 3. The molecule has 0 aliphatic heterocycles. The van der Waals surface area contributed by atoms with Gasteiger partial charge < -0.3 is 10.4 Å². The predicted octanol–water partition coefficient (Wildman–Crippen LogP) is 5.36. The highest BCUT2D eigenvalue weighted by molar-refractivity contribution is 7.14. The molecule has 2 aromatic heterocycles. The molecule has 3 N–H and O–H groups in total. The standard InChI is InChI=1S/C23H19N3O3S2/c27-21(28)12-17-14-31-23(25-17)26-22(29)16-9-7-15(8-10-16)13-24-19-5-2-1-4-18(19)20-6-3-11-30-20/h1-11,14,24H,12-13H2,(H,27,28)(H,25,26,29). The molecule has 2 heterocycles. The van der Waals surface area contributed by atoms with E-state index in [0.29, 0.717) is 22.9 Å². The van der Waals surface area contributed by atoms with E-state index in [4.69, 9.17) is 5.11 Å². The normalized spacial score (nSPS) is 10.6. The van der Waals surface area contributed by atoms with E-state index < -0.39 is 5.97 Å². The van der Waals surface area contributed by atoms with E-state index in [-0.39, 0.29) is 12.3 Å². The lowest BCUT2D eigenvalue weighted by Gasteiger charge is -2.11. The summed E-state index contributed by atoms with van der Waals surface area (Å²) in [7, 11) is 0. The van der Waals surface area contributed by atoms with Gasteiger partial charge in [0, 0.05) is 33.6 Å². The Labute approximate surface area is 187 Å². The molecular weight excluding hydrogens is 430 g/mol. The minimum atomic E-state index is -0.953. The van der Waals surface area contributed by atoms with Gasteiger partial charge in [0.15, 0.2) is 5.13 Å². The number of nitrogens with zero attached hydrogens (tertiary/aromatic N) is 1. The van der Waals surface area contributed by atoms with Crippen molar-refractivity contribution in [1.82, 2.24) is 4.98 Å². The Hall–Kier alpha value is -3.49. The highest BCUT2D eigenvalue weighted by atomic mass is 32.1. The van der Waals surface area contributed by atoms with E-state index in [0.717, 1.165) is 11.3 Å². The molecule has 4 aromatic rings. The van der Waals surface area contributed by atoms with Gasteiger partial charge in [0.2, 0.25) is 0 Å². The molecule has 1 amide bonds. The Morgan fingerprint density at radius 2 is 1.77 bits per heavy atom. The largest absolute Gasteiger partial charge is 0.481 e. The summed E-state index contributed by atoms with van der Waals surface area (Å²) in [6, 6.07) is 19.7. The molecule has 0 unspecified atom stereocenters. The molecule has 0 spiro atoms. The summed E-state index contributed by atoms with van der Waals surface area (Å²) in [6.45, 7) is 0.634. The lowest BCUT2D eigenvalue weighted by Crippen LogP contribution is -2.12. The highest BCUT2D eigenvalue weighted by Gasteiger charge is 2.11. The quantitative estimate of drug-likeness (QED) is 0.337. The number of aromatic nitrogens is 1. The van der Waals surface area contributed by atoms with Crippen LogP contribution in [0.1, 0.15) is 21.6 Å². The van der Waals surface area contributed by atoms with Crippen molar-refractivity contribution in [1.29, 1.82) is 0 Å². The van der Waals surface area contributed by atoms with Gasteiger partial charge >= 0.3 is 5.97 Å². The molecule has 0 saturated heterocycles. The van der Waals surface area contributed by atoms with Crippen molar-refractivity contribution in [2.45, 2.75) is 13.0 Å². The zero-order valence-corrected chi connectivity index (χ0v) is 18.0. The number of aliphatic carboxylic acids is 1. The SMILES string of the molecule is O=C(O)Cc1csc(NC(=O)c2ccc(CNc3ccccc3-c3cccs3)cc2)n1. The van der Waals surface area contributed by atoms with Crippen molar-refractivity contribution >= 4 is 45.4 Å². The maximum absolute atomic E-state index is 12.4. The van der Waals surface area contributed by atoms with Gasteiger partial charge in [0.1, 0.15) is 0 Å². The molecule has 0 saturated carbocycles. The van der Waals surface area contributed by atoms with Gasteiger partial charge in [-0.25, -0.2) is 4.98 Å². The molecular formula is C23H19N3O3S2. The molecule has 0 aliphatic rings. The molecule has 2 aromatic carbocycles. The van der Waals surface area contributed by atoms with Crippen molar-refractivity contribution in [3.63, 3.8) is 0 Å². The van der Waals surface area contributed by atoms with Gasteiger partial charge in [-0.05, 0) is 35.2 Å². The number of hydrogen-bond acceptors (Lipinski definition) is 6. The van der Waals surface area contributed by atoms with Crippen LogP contribution in [0.4, 0.5) is 10.8 Å². The van der Waals surface area contributed by atoms with Gasteiger partial charge in [-0.1, -0.05) is 36.4 Å². The van der Waals surface area contributed by atoms with Crippen LogP contribution in [0.2, 0.25) is 0 Å². The summed E-state index contributed by atoms with van der Waals surface area (Å²) in [5.41, 5.74) is 4.22. The van der Waals surface area contributed by atoms with Crippen molar-refractivity contribution < 1.29 is 14.7 Å². The third-order valence-electron chi connectivity index (χ3n) is 4.52. The maximum atomic E-state index is 12.4. The van der Waals surface area contributed by atoms with Gasteiger partial charge in [-0.3, -0.25) is 14.9 Å². The summed E-state index contributed by atoms with van der Waals surface area (Å²) in [5, 5.41) is 19.1. The van der Waals surface area contributed by atoms with Crippen molar-refractivity contribution in [2.75, 3.05) is 10.6 Å². The first-order chi connectivity index (χ1) is 15.1. The smallest absolute Gasteiger partial charge is 0.309 e. The van der Waals surface area contributed by atoms with Crippen molar-refractivity contribution in [3.05, 3.63) is 88.2 Å². The summed E-state index contributed by atoms with van der Waals surface area (Å²) < 4.78 is 0. The van der Waals surface area contributed by atoms with Crippen LogP contribution in [0.25, 0.3) is 10.4 Å². The number of anilines is 2. The zero-order valence-electron chi connectivity index (χ0n) is 16.4. The highest BCUT2D eigenvalue weighted by Crippen LogP contribution is 2.31. The van der Waals surface area contributed by atoms with Gasteiger partial charge in [0.25, 0.3) is 5.91 Å². The number of rotatable bonds is 8. The fourth-order valence-electron chi connectivity index (χ4n) is 3.03. The Morgan fingerprint density at radius 1 is 0.968 bits per heavy atom. The molecule has 0 aliphatic carbocycles. The Balaban J connectivity index is 1.37. The number of carbonyl (C=O) groups is 2. The first kappa shape index (κ1) is 20.8. The second kappa shape index (κ2) is 9.55. The number of benzene rings is 2. The van der Waals surface area contributed by atoms with E-state index in [1.165, 1.54) is 21.8 Å². The first-order valence-electron chi connectivity index (χ1n) is 9.52. The second-order valence-corrected chi connectivity index (χ2v) is 8.55. The van der Waals surface area contributed by atoms with Crippen LogP contribution in [0.5, 0.6) is 0 Å². The molecule has 8 heteroatoms. The second-order valence-electron chi connectivity index (χ2n) is 6.74. The summed E-state index contributed by atoms with van der Waals surface area (Å²) in [6.07, 6.45) is -0.163. The van der Waals surface area contributed by atoms with Gasteiger partial charge in [0.05, 0.1) is 12.1 Å². The van der Waals surface area contributed by atoms with E-state index >= 15 is 0 Å². The summed E-state index contributed by atoms with van der Waals surface area (Å²) >= 11 is 2.91. The predicted molar refractivity (Wildman–Crippen MR) is 125 cm³/mol. The fraction of sp³-hybridized carbons (Fsp3) is 0.0870. The Bertz CT molecular complexity index is 1190. The van der Waals surface area contributed by atoms with Crippen LogP contribution in [0.15, 0.2) is 71.4 Å². The maximum Gasteiger partial charge on any atom is 0.309 e. The lowest BCUT2D eigenvalue weighted by molar-refractivity contribution is -0.136. The molecule has 0 atom stereocenters. The molecule has 31 heavy (non-hydrogen) atoms. The van der Waals surface area contributed by atoms with E-state index in [1.807, 2.05) is 30.3 Å². The number of thiophene rings is 1. The van der Waals surface area contributed by atoms with Crippen LogP contribution in [0.3, 0.4) is 0 Å². The number of thiazole rings is 1. The van der Waals surface area contributed by atoms with Crippen LogP contribution < -0.4 is 10.6 Å². The monoisotopic (exact) mass is 449 g/mol. The fourth-order valence-corrected chi connectivity index (χ4v) is 4.50. The van der Waals surface area contributed by atoms with Crippen LogP contribution in [-0.4, -0.2) is 22.0 Å². The van der Waals surface area contributed by atoms with Crippen molar-refractivity contribution in [2.24, 2.45) is 0 Å². The molecule has 4 rings (SSSR count). The third-order valence-corrected chi connectivity index (χ3v) is 6.23. The van der Waals surface area contributed by atoms with Crippen LogP contribution >= 0.6 is 22.7 Å². The van der Waals surface area contributed by atoms with Crippen molar-refractivity contribution in [3.8, 4) is 10.4 Å². The van der Waals surface area contributed by atoms with E-state index in [1.54, 1.807) is 28.8 Å². The number of carboxylic acid groups (broad SMARTS) is 1. The van der Waals surface area contributed by atoms with Gasteiger partial charge in [-0.15, -0.1) is 22.7 Å². The zero-order chi connectivity index (χ0) is 21.6. The number of carbonyl (C=O) groups excluding carboxylic acids is 1. The summed E-state index contributed by atoms with van der Waals surface area (Å²) in [5.74, 6) is -1.23. The number of amides is 1. The lowest BCUT2D eigenvalue weighted by atomic mass is 10.1. The molecule has 0 bridgehead atoms. The minimum absolute atomic E-state index is 0.163. The molecule has 0 fully saturated rings. The molecule has 6 nitrogen and oxygen atoms in total. The summed E-state index contributed by atoms with van der Waals surface area (Å²) in [4.78, 5) is 28.5. The minimum Gasteiger partial charge on any atom is -0.481 e. The van der Waals surface area contributed by atoms with E-state index in [2.05, 4.69) is 39.2 Å². The first-order valence-corrected chi connectivity index (χ1v) is 11.3. The topological polar surface area (TPSA) is 91.3 Å². The Morgan fingerprint density at radius 3 is 2.52 bits per heavy atom. The Kier molecular flexibility index (Phi) is 6.40. The molecule has 156 valence electrons.